The Hall–Kier alpha value is -0.890. The van der Waals surface area contributed by atoms with E-state index in [1.807, 2.05) is 34.7 Å². The fraction of sp³-hybridized carbons (Fsp3) is 0.800. The van der Waals surface area contributed by atoms with Gasteiger partial charge in [-0.15, -0.1) is 6.42 Å². The number of halogens is 1. The zero-order chi connectivity index (χ0) is 19.2. The predicted molar refractivity (Wildman–Crippen MR) is 104 cm³/mol. The van der Waals surface area contributed by atoms with E-state index in [0.29, 0.717) is 19.1 Å². The molecular formula is C20H39FN2O. The molecule has 0 aliphatic carbocycles. The van der Waals surface area contributed by atoms with Crippen LogP contribution in [0.5, 0.6) is 0 Å². The van der Waals surface area contributed by atoms with E-state index in [2.05, 4.69) is 29.6 Å². The van der Waals surface area contributed by atoms with Crippen LogP contribution >= 0.6 is 0 Å². The lowest BCUT2D eigenvalue weighted by molar-refractivity contribution is 0.0264. The van der Waals surface area contributed by atoms with Crippen LogP contribution in [0.4, 0.5) is 4.39 Å². The van der Waals surface area contributed by atoms with Gasteiger partial charge in [-0.05, 0) is 46.7 Å². The highest BCUT2D eigenvalue weighted by molar-refractivity contribution is 5.09. The first-order valence-electron chi connectivity index (χ1n) is 9.33. The van der Waals surface area contributed by atoms with Gasteiger partial charge in [-0.3, -0.25) is 4.90 Å². The van der Waals surface area contributed by atoms with Crippen molar-refractivity contribution >= 4 is 0 Å². The molecule has 1 N–H and O–H groups in total. The lowest BCUT2D eigenvalue weighted by Gasteiger charge is -2.33. The van der Waals surface area contributed by atoms with Crippen molar-refractivity contribution in [3.05, 3.63) is 11.9 Å². The van der Waals surface area contributed by atoms with Crippen LogP contribution in [0.2, 0.25) is 0 Å². The average Bonchev–Trinajstić information content (AvgIpc) is 2.59. The van der Waals surface area contributed by atoms with E-state index in [1.54, 1.807) is 6.08 Å². The maximum absolute atomic E-state index is 12.6. The molecule has 24 heavy (non-hydrogen) atoms. The summed E-state index contributed by atoms with van der Waals surface area (Å²) in [5.41, 5.74) is -0.854. The minimum atomic E-state index is -0.854. The van der Waals surface area contributed by atoms with Crippen molar-refractivity contribution in [2.75, 3.05) is 33.2 Å². The smallest absolute Gasteiger partial charge is 0.137 e. The Morgan fingerprint density at radius 2 is 1.83 bits per heavy atom. The van der Waals surface area contributed by atoms with Gasteiger partial charge in [0, 0.05) is 19.1 Å². The maximum Gasteiger partial charge on any atom is 0.137 e. The normalized spacial score (nSPS) is 24.1. The Labute approximate surface area is 149 Å². The molecule has 1 saturated heterocycles. The predicted octanol–water partition coefficient (Wildman–Crippen LogP) is 4.08. The second-order valence-corrected chi connectivity index (χ2v) is 6.02. The Kier molecular flexibility index (Phi) is 15.3. The number of piperidine rings is 1. The zero-order valence-corrected chi connectivity index (χ0v) is 16.9. The Balaban J connectivity index is 0. The molecule has 2 aliphatic heterocycles. The van der Waals surface area contributed by atoms with Crippen molar-refractivity contribution in [1.29, 1.82) is 0 Å². The van der Waals surface area contributed by atoms with Gasteiger partial charge >= 0.3 is 0 Å². The highest BCUT2D eigenvalue weighted by Crippen LogP contribution is 2.18. The van der Waals surface area contributed by atoms with Gasteiger partial charge in [0.1, 0.15) is 11.4 Å². The van der Waals surface area contributed by atoms with Crippen molar-refractivity contribution < 1.29 is 9.50 Å². The van der Waals surface area contributed by atoms with Crippen LogP contribution in [0.1, 0.15) is 60.8 Å². The monoisotopic (exact) mass is 342 g/mol. The molecule has 142 valence electrons. The van der Waals surface area contributed by atoms with Gasteiger partial charge in [-0.1, -0.05) is 39.7 Å². The quantitative estimate of drug-likeness (QED) is 0.727. The Morgan fingerprint density at radius 3 is 2.17 bits per heavy atom. The fourth-order valence-corrected chi connectivity index (χ4v) is 2.53. The molecule has 2 aliphatic rings. The van der Waals surface area contributed by atoms with Crippen LogP contribution in [-0.4, -0.2) is 59.8 Å². The summed E-state index contributed by atoms with van der Waals surface area (Å²) in [6.07, 6.45) is 9.46. The fourth-order valence-electron chi connectivity index (χ4n) is 2.53. The van der Waals surface area contributed by atoms with Crippen molar-refractivity contribution in [3.8, 4) is 12.3 Å². The lowest BCUT2D eigenvalue weighted by Crippen LogP contribution is -2.45. The van der Waals surface area contributed by atoms with Crippen molar-refractivity contribution in [3.63, 3.8) is 0 Å². The molecule has 0 bridgehead atoms. The van der Waals surface area contributed by atoms with Crippen molar-refractivity contribution in [2.45, 2.75) is 72.4 Å². The summed E-state index contributed by atoms with van der Waals surface area (Å²) in [6.45, 7) is 15.4. The molecule has 0 saturated carbocycles. The first-order valence-corrected chi connectivity index (χ1v) is 9.33. The van der Waals surface area contributed by atoms with E-state index in [4.69, 9.17) is 6.42 Å². The van der Waals surface area contributed by atoms with E-state index in [1.165, 1.54) is 0 Å². The first kappa shape index (κ1) is 25.4. The molecule has 2 rings (SSSR count). The highest BCUT2D eigenvalue weighted by Gasteiger charge is 2.28. The van der Waals surface area contributed by atoms with E-state index in [-0.39, 0.29) is 5.83 Å². The molecule has 1 unspecified atom stereocenters. The third kappa shape index (κ3) is 10.8. The molecule has 1 fully saturated rings. The van der Waals surface area contributed by atoms with E-state index < -0.39 is 5.60 Å². The summed E-state index contributed by atoms with van der Waals surface area (Å²) in [5.74, 6) is 2.45. The van der Waals surface area contributed by atoms with Gasteiger partial charge in [0.15, 0.2) is 0 Å². The Morgan fingerprint density at radius 1 is 1.25 bits per heavy atom. The van der Waals surface area contributed by atoms with Crippen molar-refractivity contribution in [2.24, 2.45) is 0 Å². The van der Waals surface area contributed by atoms with E-state index >= 15 is 0 Å². The number of hydrogen-bond donors (Lipinski definition) is 1. The molecule has 4 heteroatoms. The van der Waals surface area contributed by atoms with Gasteiger partial charge in [0.2, 0.25) is 0 Å². The standard InChI is InChI=1S/C8H14FN.C8H13NO.2C2H6/c1-7(2)10-5-3-4-8(9)6-10;1-3-8(10)5-4-6-9(2)7-8;2*1-2/h4,7H,3,5-6H2,1-2H3;1,10H,4-7H2,2H3;2*1-2H3. The molecule has 0 aromatic rings. The number of likely N-dealkylation sites (tertiary alicyclic amines) is 1. The van der Waals surface area contributed by atoms with Gasteiger partial charge in [0.25, 0.3) is 0 Å². The first-order chi connectivity index (χ1) is 11.4. The molecule has 0 aromatic carbocycles. The minimum Gasteiger partial charge on any atom is -0.376 e. The summed E-state index contributed by atoms with van der Waals surface area (Å²) in [6, 6.07) is 0.472. The average molecular weight is 343 g/mol. The van der Waals surface area contributed by atoms with Crippen LogP contribution in [-0.2, 0) is 0 Å². The largest absolute Gasteiger partial charge is 0.376 e. The molecule has 2 heterocycles. The van der Waals surface area contributed by atoms with Gasteiger partial charge in [-0.25, -0.2) is 4.39 Å². The number of rotatable bonds is 1. The molecule has 0 radical (unpaired) electrons. The third-order valence-corrected chi connectivity index (χ3v) is 3.80. The summed E-state index contributed by atoms with van der Waals surface area (Å²) in [7, 11) is 1.97. The number of hydrogen-bond acceptors (Lipinski definition) is 3. The molecule has 0 spiro atoms. The van der Waals surface area contributed by atoms with Gasteiger partial charge < -0.3 is 10.0 Å². The topological polar surface area (TPSA) is 26.7 Å². The highest BCUT2D eigenvalue weighted by atomic mass is 19.1. The summed E-state index contributed by atoms with van der Waals surface area (Å²) in [5, 5.41) is 9.57. The molecule has 0 amide bonds. The van der Waals surface area contributed by atoms with E-state index in [0.717, 1.165) is 32.4 Å². The summed E-state index contributed by atoms with van der Waals surface area (Å²) in [4.78, 5) is 4.19. The SMILES string of the molecule is C#CC1(O)CCCN(C)C1.CC.CC.CC(C)N1CCC=C(F)C1. The molecular weight excluding hydrogens is 303 g/mol. The lowest BCUT2D eigenvalue weighted by atomic mass is 9.94. The molecule has 0 aromatic heterocycles. The van der Waals surface area contributed by atoms with Crippen LogP contribution in [0, 0.1) is 12.3 Å². The maximum atomic E-state index is 12.6. The second-order valence-electron chi connectivity index (χ2n) is 6.02. The van der Waals surface area contributed by atoms with Crippen LogP contribution in [0.3, 0.4) is 0 Å². The van der Waals surface area contributed by atoms with Crippen LogP contribution in [0.25, 0.3) is 0 Å². The molecule has 3 nitrogen and oxygen atoms in total. The van der Waals surface area contributed by atoms with Crippen LogP contribution in [0.15, 0.2) is 11.9 Å². The van der Waals surface area contributed by atoms with Crippen LogP contribution < -0.4 is 0 Å². The second kappa shape index (κ2) is 14.5. The summed E-state index contributed by atoms with van der Waals surface area (Å²) < 4.78 is 12.6. The van der Waals surface area contributed by atoms with Gasteiger partial charge in [0.05, 0.1) is 6.54 Å². The summed E-state index contributed by atoms with van der Waals surface area (Å²) >= 11 is 0. The van der Waals surface area contributed by atoms with E-state index in [9.17, 15) is 9.50 Å². The van der Waals surface area contributed by atoms with Crippen molar-refractivity contribution in [1.82, 2.24) is 9.80 Å². The van der Waals surface area contributed by atoms with Gasteiger partial charge in [-0.2, -0.15) is 0 Å². The number of aliphatic hydroxyl groups is 1. The number of terminal acetylenes is 1. The Bertz CT molecular complexity index is 376. The number of nitrogens with zero attached hydrogens (tertiary/aromatic N) is 2. The number of β-amino-alcohol motifs (C(OH)–C–C–N with tert-alkyl or cyclic N) is 1. The number of likely N-dealkylation sites (N-methyl/N-ethyl adjacent to an activating group) is 1. The zero-order valence-electron chi connectivity index (χ0n) is 16.9. The minimum absolute atomic E-state index is 0.0277. The molecule has 1 atom stereocenters. The third-order valence-electron chi connectivity index (χ3n) is 3.80.